The molecule has 2 aromatic rings. The fourth-order valence-electron chi connectivity index (χ4n) is 2.64. The normalized spacial score (nSPS) is 10.6. The van der Waals surface area contributed by atoms with Crippen LogP contribution < -0.4 is 10.6 Å². The van der Waals surface area contributed by atoms with E-state index in [1.54, 1.807) is 0 Å². The van der Waals surface area contributed by atoms with Gasteiger partial charge in [0.2, 0.25) is 5.91 Å². The van der Waals surface area contributed by atoms with Crippen LogP contribution >= 0.6 is 11.6 Å². The summed E-state index contributed by atoms with van der Waals surface area (Å²) in [4.78, 5) is 12.2. The second kappa shape index (κ2) is 9.45. The van der Waals surface area contributed by atoms with E-state index < -0.39 is 0 Å². The Balaban J connectivity index is 1.82. The summed E-state index contributed by atoms with van der Waals surface area (Å²) in [6, 6.07) is 13.9. The summed E-state index contributed by atoms with van der Waals surface area (Å²) in [6.07, 6.45) is 2.28. The molecule has 0 heterocycles. The van der Waals surface area contributed by atoms with Crippen LogP contribution in [-0.4, -0.2) is 12.5 Å². The molecule has 4 heteroatoms. The smallest absolute Gasteiger partial charge is 0.225 e. The first-order valence-electron chi connectivity index (χ1n) is 8.49. The lowest BCUT2D eigenvalue weighted by molar-refractivity contribution is -0.116. The molecule has 1 amide bonds. The maximum atomic E-state index is 12.2. The van der Waals surface area contributed by atoms with Crippen LogP contribution in [0, 0.1) is 0 Å². The van der Waals surface area contributed by atoms with E-state index in [4.69, 9.17) is 11.6 Å². The van der Waals surface area contributed by atoms with Crippen LogP contribution in [0.5, 0.6) is 0 Å². The van der Waals surface area contributed by atoms with Gasteiger partial charge >= 0.3 is 0 Å². The van der Waals surface area contributed by atoms with Crippen molar-refractivity contribution in [1.29, 1.82) is 0 Å². The molecule has 0 fully saturated rings. The second-order valence-corrected chi connectivity index (χ2v) is 6.20. The molecular formula is C20H25ClN2O. The lowest BCUT2D eigenvalue weighted by Gasteiger charge is -2.14. The average molecular weight is 345 g/mol. The molecule has 0 atom stereocenters. The minimum Gasteiger partial charge on any atom is -0.326 e. The molecule has 2 aromatic carbocycles. The highest BCUT2D eigenvalue weighted by Crippen LogP contribution is 2.22. The van der Waals surface area contributed by atoms with Crippen molar-refractivity contribution in [2.24, 2.45) is 0 Å². The SMILES string of the molecule is CCc1cccc(CC)c1NC(=O)CCNCc1ccc(Cl)cc1. The molecule has 0 bridgehead atoms. The fourth-order valence-corrected chi connectivity index (χ4v) is 2.77. The monoisotopic (exact) mass is 344 g/mol. The average Bonchev–Trinajstić information content (AvgIpc) is 2.60. The van der Waals surface area contributed by atoms with Gasteiger partial charge < -0.3 is 10.6 Å². The van der Waals surface area contributed by atoms with Crippen LogP contribution in [0.4, 0.5) is 5.69 Å². The van der Waals surface area contributed by atoms with Crippen LogP contribution in [0.25, 0.3) is 0 Å². The van der Waals surface area contributed by atoms with E-state index in [9.17, 15) is 4.79 Å². The van der Waals surface area contributed by atoms with Crippen LogP contribution in [0.2, 0.25) is 5.02 Å². The Morgan fingerprint density at radius 2 is 1.62 bits per heavy atom. The Hall–Kier alpha value is -1.84. The lowest BCUT2D eigenvalue weighted by atomic mass is 10.0. The zero-order valence-corrected chi connectivity index (χ0v) is 15.1. The first kappa shape index (κ1) is 18.5. The topological polar surface area (TPSA) is 41.1 Å². The van der Waals surface area contributed by atoms with Gasteiger partial charge in [0.05, 0.1) is 0 Å². The minimum atomic E-state index is 0.0502. The molecule has 3 nitrogen and oxygen atoms in total. The van der Waals surface area contributed by atoms with E-state index in [1.807, 2.05) is 24.3 Å². The van der Waals surface area contributed by atoms with Crippen molar-refractivity contribution in [2.45, 2.75) is 39.7 Å². The molecule has 0 unspecified atom stereocenters. The van der Waals surface area contributed by atoms with Gasteiger partial charge in [-0.15, -0.1) is 0 Å². The third-order valence-electron chi connectivity index (χ3n) is 4.03. The number of carbonyl (C=O) groups excluding carboxylic acids is 1. The van der Waals surface area contributed by atoms with Crippen molar-refractivity contribution in [3.05, 3.63) is 64.2 Å². The first-order valence-corrected chi connectivity index (χ1v) is 8.87. The Labute approximate surface area is 149 Å². The van der Waals surface area contributed by atoms with Gasteiger partial charge in [0.15, 0.2) is 0 Å². The summed E-state index contributed by atoms with van der Waals surface area (Å²) in [6.45, 7) is 5.59. The predicted octanol–water partition coefficient (Wildman–Crippen LogP) is 4.58. The number of hydrogen-bond donors (Lipinski definition) is 2. The van der Waals surface area contributed by atoms with Crippen LogP contribution in [0.3, 0.4) is 0 Å². The number of rotatable bonds is 8. The van der Waals surface area contributed by atoms with E-state index in [-0.39, 0.29) is 5.91 Å². The molecule has 128 valence electrons. The van der Waals surface area contributed by atoms with E-state index in [0.717, 1.165) is 35.7 Å². The largest absolute Gasteiger partial charge is 0.326 e. The molecular weight excluding hydrogens is 320 g/mol. The molecule has 24 heavy (non-hydrogen) atoms. The molecule has 0 aliphatic heterocycles. The summed E-state index contributed by atoms with van der Waals surface area (Å²) in [5.41, 5.74) is 4.53. The summed E-state index contributed by atoms with van der Waals surface area (Å²) >= 11 is 5.87. The first-order chi connectivity index (χ1) is 11.6. The van der Waals surface area contributed by atoms with Gasteiger partial charge in [0, 0.05) is 30.2 Å². The van der Waals surface area contributed by atoms with E-state index in [0.29, 0.717) is 13.0 Å². The van der Waals surface area contributed by atoms with Gasteiger partial charge in [-0.05, 0) is 41.7 Å². The van der Waals surface area contributed by atoms with Crippen molar-refractivity contribution >= 4 is 23.2 Å². The number of anilines is 1. The molecule has 2 N–H and O–H groups in total. The number of aryl methyl sites for hydroxylation is 2. The number of nitrogens with one attached hydrogen (secondary N) is 2. The van der Waals surface area contributed by atoms with E-state index >= 15 is 0 Å². The third kappa shape index (κ3) is 5.36. The number of halogens is 1. The summed E-state index contributed by atoms with van der Waals surface area (Å²) < 4.78 is 0. The van der Waals surface area contributed by atoms with Gasteiger partial charge in [0.25, 0.3) is 0 Å². The number of hydrogen-bond acceptors (Lipinski definition) is 2. The molecule has 0 aromatic heterocycles. The van der Waals surface area contributed by atoms with Crippen molar-refractivity contribution < 1.29 is 4.79 Å². The molecule has 2 rings (SSSR count). The molecule has 0 saturated carbocycles. The van der Waals surface area contributed by atoms with Crippen molar-refractivity contribution in [1.82, 2.24) is 5.32 Å². The minimum absolute atomic E-state index is 0.0502. The van der Waals surface area contributed by atoms with Crippen molar-refractivity contribution in [2.75, 3.05) is 11.9 Å². The Kier molecular flexibility index (Phi) is 7.29. The summed E-state index contributed by atoms with van der Waals surface area (Å²) in [5, 5.41) is 7.12. The molecule has 0 spiro atoms. The Morgan fingerprint density at radius 1 is 1.00 bits per heavy atom. The van der Waals surface area contributed by atoms with Gasteiger partial charge in [-0.2, -0.15) is 0 Å². The number of para-hydroxylation sites is 1. The molecule has 0 radical (unpaired) electrons. The Morgan fingerprint density at radius 3 is 2.21 bits per heavy atom. The molecule has 0 aliphatic rings. The highest BCUT2D eigenvalue weighted by atomic mass is 35.5. The van der Waals surface area contributed by atoms with Crippen molar-refractivity contribution in [3.63, 3.8) is 0 Å². The molecule has 0 saturated heterocycles. The zero-order valence-electron chi connectivity index (χ0n) is 14.4. The van der Waals surface area contributed by atoms with Gasteiger partial charge in [-0.25, -0.2) is 0 Å². The van der Waals surface area contributed by atoms with Crippen LogP contribution in [0.15, 0.2) is 42.5 Å². The predicted molar refractivity (Wildman–Crippen MR) is 102 cm³/mol. The second-order valence-electron chi connectivity index (χ2n) is 5.76. The van der Waals surface area contributed by atoms with E-state index in [2.05, 4.69) is 42.7 Å². The standard InChI is InChI=1S/C20H25ClN2O/c1-3-16-6-5-7-17(4-2)20(16)23-19(24)12-13-22-14-15-8-10-18(21)11-9-15/h5-11,22H,3-4,12-14H2,1-2H3,(H,23,24). The van der Waals surface area contributed by atoms with Gasteiger partial charge in [-0.3, -0.25) is 4.79 Å². The quantitative estimate of drug-likeness (QED) is 0.688. The van der Waals surface area contributed by atoms with Gasteiger partial charge in [-0.1, -0.05) is 55.8 Å². The number of carbonyl (C=O) groups is 1. The Bertz CT molecular complexity index is 646. The molecule has 0 aliphatic carbocycles. The van der Waals surface area contributed by atoms with Crippen LogP contribution in [0.1, 0.15) is 37.0 Å². The van der Waals surface area contributed by atoms with Crippen molar-refractivity contribution in [3.8, 4) is 0 Å². The number of benzene rings is 2. The maximum Gasteiger partial charge on any atom is 0.225 e. The number of amides is 1. The van der Waals surface area contributed by atoms with E-state index in [1.165, 1.54) is 11.1 Å². The summed E-state index contributed by atoms with van der Waals surface area (Å²) in [7, 11) is 0. The maximum absolute atomic E-state index is 12.2. The zero-order chi connectivity index (χ0) is 17.4. The van der Waals surface area contributed by atoms with Crippen LogP contribution in [-0.2, 0) is 24.2 Å². The highest BCUT2D eigenvalue weighted by molar-refractivity contribution is 6.30. The lowest BCUT2D eigenvalue weighted by Crippen LogP contribution is -2.22. The van der Waals surface area contributed by atoms with Gasteiger partial charge in [0.1, 0.15) is 0 Å². The fraction of sp³-hybridized carbons (Fsp3) is 0.350. The summed E-state index contributed by atoms with van der Waals surface area (Å²) in [5.74, 6) is 0.0502. The third-order valence-corrected chi connectivity index (χ3v) is 4.29. The highest BCUT2D eigenvalue weighted by Gasteiger charge is 2.09.